The molecule has 0 aliphatic rings. The Kier molecular flexibility index (Phi) is 3.64. The average molecular weight is 306 g/mol. The number of ether oxygens (including phenoxy) is 2. The van der Waals surface area contributed by atoms with Crippen molar-refractivity contribution < 1.29 is 9.47 Å². The second-order valence-corrected chi connectivity index (χ2v) is 4.33. The van der Waals surface area contributed by atoms with Crippen molar-refractivity contribution in [3.05, 3.63) is 20.3 Å². The van der Waals surface area contributed by atoms with Gasteiger partial charge in [0, 0.05) is 5.56 Å². The summed E-state index contributed by atoms with van der Waals surface area (Å²) in [6.07, 6.45) is 0. The molecule has 0 fully saturated rings. The van der Waals surface area contributed by atoms with Crippen molar-refractivity contribution in [2.45, 2.75) is 20.8 Å². The normalized spacial score (nSPS) is 10.1. The number of hydrogen-bond donors (Lipinski definition) is 0. The molecule has 0 unspecified atom stereocenters. The predicted octanol–water partition coefficient (Wildman–Crippen LogP) is 3.23. The summed E-state index contributed by atoms with van der Waals surface area (Å²) in [5.74, 6) is 1.93. The SMILES string of the molecule is COc1c(C)c(C)c(OC)c(I)c1C. The van der Waals surface area contributed by atoms with E-state index in [0.717, 1.165) is 31.8 Å². The molecule has 0 saturated carbocycles. The van der Waals surface area contributed by atoms with Gasteiger partial charge in [-0.3, -0.25) is 0 Å². The Balaban J connectivity index is 3.55. The second-order valence-electron chi connectivity index (χ2n) is 3.26. The van der Waals surface area contributed by atoms with E-state index in [9.17, 15) is 0 Å². The van der Waals surface area contributed by atoms with Crippen molar-refractivity contribution in [3.63, 3.8) is 0 Å². The molecule has 0 heterocycles. The van der Waals surface area contributed by atoms with E-state index in [-0.39, 0.29) is 0 Å². The maximum atomic E-state index is 5.38. The van der Waals surface area contributed by atoms with Crippen molar-refractivity contribution in [2.75, 3.05) is 14.2 Å². The zero-order valence-corrected chi connectivity index (χ0v) is 11.4. The molecule has 0 N–H and O–H groups in total. The molecule has 1 aromatic carbocycles. The molecule has 1 rings (SSSR count). The van der Waals surface area contributed by atoms with E-state index >= 15 is 0 Å². The van der Waals surface area contributed by atoms with E-state index in [1.54, 1.807) is 14.2 Å². The topological polar surface area (TPSA) is 18.5 Å². The summed E-state index contributed by atoms with van der Waals surface area (Å²) < 4.78 is 11.9. The van der Waals surface area contributed by atoms with Crippen molar-refractivity contribution in [2.24, 2.45) is 0 Å². The largest absolute Gasteiger partial charge is 0.496 e. The highest BCUT2D eigenvalue weighted by Gasteiger charge is 2.16. The molecule has 0 aromatic heterocycles. The Labute approximate surface area is 98.7 Å². The van der Waals surface area contributed by atoms with Crippen LogP contribution >= 0.6 is 22.6 Å². The van der Waals surface area contributed by atoms with E-state index in [4.69, 9.17) is 9.47 Å². The van der Waals surface area contributed by atoms with Crippen LogP contribution in [0.15, 0.2) is 0 Å². The predicted molar refractivity (Wildman–Crippen MR) is 66.5 cm³/mol. The number of rotatable bonds is 2. The number of halogens is 1. The summed E-state index contributed by atoms with van der Waals surface area (Å²) in [5.41, 5.74) is 3.45. The third-order valence-corrected chi connectivity index (χ3v) is 3.82. The van der Waals surface area contributed by atoms with Gasteiger partial charge in [-0.05, 0) is 54.5 Å². The van der Waals surface area contributed by atoms with Crippen LogP contribution in [-0.4, -0.2) is 14.2 Å². The quantitative estimate of drug-likeness (QED) is 0.781. The highest BCUT2D eigenvalue weighted by molar-refractivity contribution is 14.1. The first-order valence-corrected chi connectivity index (χ1v) is 5.49. The van der Waals surface area contributed by atoms with E-state index in [0.29, 0.717) is 0 Å². The van der Waals surface area contributed by atoms with Crippen LogP contribution in [0.1, 0.15) is 16.7 Å². The minimum Gasteiger partial charge on any atom is -0.496 e. The second kappa shape index (κ2) is 4.38. The van der Waals surface area contributed by atoms with Gasteiger partial charge < -0.3 is 9.47 Å². The fraction of sp³-hybridized carbons (Fsp3) is 0.455. The summed E-state index contributed by atoms with van der Waals surface area (Å²) >= 11 is 2.29. The zero-order chi connectivity index (χ0) is 10.9. The molecule has 0 amide bonds. The average Bonchev–Trinajstić information content (AvgIpc) is 2.17. The molecule has 0 radical (unpaired) electrons. The molecule has 0 bridgehead atoms. The lowest BCUT2D eigenvalue weighted by molar-refractivity contribution is 0.392. The van der Waals surface area contributed by atoms with Gasteiger partial charge in [-0.25, -0.2) is 0 Å². The van der Waals surface area contributed by atoms with Crippen molar-refractivity contribution in [1.29, 1.82) is 0 Å². The van der Waals surface area contributed by atoms with Crippen LogP contribution in [0.5, 0.6) is 11.5 Å². The molecule has 0 aliphatic carbocycles. The van der Waals surface area contributed by atoms with Crippen LogP contribution < -0.4 is 9.47 Å². The lowest BCUT2D eigenvalue weighted by atomic mass is 10.0. The van der Waals surface area contributed by atoms with E-state index in [2.05, 4.69) is 43.4 Å². The minimum atomic E-state index is 0.960. The number of benzene rings is 1. The Morgan fingerprint density at radius 1 is 0.786 bits per heavy atom. The Hall–Kier alpha value is -0.450. The third kappa shape index (κ3) is 1.69. The minimum absolute atomic E-state index is 0.960. The highest BCUT2D eigenvalue weighted by atomic mass is 127. The van der Waals surface area contributed by atoms with E-state index in [1.165, 1.54) is 0 Å². The van der Waals surface area contributed by atoms with Crippen LogP contribution in [0, 0.1) is 24.3 Å². The van der Waals surface area contributed by atoms with Gasteiger partial charge in [0.1, 0.15) is 11.5 Å². The van der Waals surface area contributed by atoms with Crippen LogP contribution in [0.2, 0.25) is 0 Å². The molecule has 0 saturated heterocycles. The summed E-state index contributed by atoms with van der Waals surface area (Å²) in [6.45, 7) is 6.16. The van der Waals surface area contributed by atoms with Gasteiger partial charge in [-0.15, -0.1) is 0 Å². The van der Waals surface area contributed by atoms with Crippen LogP contribution in [0.3, 0.4) is 0 Å². The van der Waals surface area contributed by atoms with Crippen molar-refractivity contribution in [1.82, 2.24) is 0 Å². The van der Waals surface area contributed by atoms with Gasteiger partial charge in [0.15, 0.2) is 0 Å². The molecule has 1 aromatic rings. The monoisotopic (exact) mass is 306 g/mol. The van der Waals surface area contributed by atoms with Gasteiger partial charge in [0.25, 0.3) is 0 Å². The molecule has 2 nitrogen and oxygen atoms in total. The maximum Gasteiger partial charge on any atom is 0.135 e. The smallest absolute Gasteiger partial charge is 0.135 e. The lowest BCUT2D eigenvalue weighted by Crippen LogP contribution is -2.00. The molecule has 14 heavy (non-hydrogen) atoms. The Morgan fingerprint density at radius 3 is 1.64 bits per heavy atom. The van der Waals surface area contributed by atoms with Crippen molar-refractivity contribution >= 4 is 22.6 Å². The van der Waals surface area contributed by atoms with E-state index < -0.39 is 0 Å². The van der Waals surface area contributed by atoms with Gasteiger partial charge in [-0.1, -0.05) is 0 Å². The standard InChI is InChI=1S/C11H15IO2/c1-6-7(2)11(14-5)9(12)8(3)10(6)13-4/h1-5H3. The summed E-state index contributed by atoms with van der Waals surface area (Å²) in [5, 5.41) is 0. The molecule has 3 heteroatoms. The molecule has 0 atom stereocenters. The maximum absolute atomic E-state index is 5.38. The van der Waals surface area contributed by atoms with E-state index in [1.807, 2.05) is 0 Å². The molecule has 0 aliphatic heterocycles. The Morgan fingerprint density at radius 2 is 1.21 bits per heavy atom. The van der Waals surface area contributed by atoms with Crippen LogP contribution in [-0.2, 0) is 0 Å². The lowest BCUT2D eigenvalue weighted by Gasteiger charge is -2.17. The van der Waals surface area contributed by atoms with Crippen LogP contribution in [0.4, 0.5) is 0 Å². The first-order valence-electron chi connectivity index (χ1n) is 4.41. The highest BCUT2D eigenvalue weighted by Crippen LogP contribution is 2.37. The number of methoxy groups -OCH3 is 2. The summed E-state index contributed by atoms with van der Waals surface area (Å²) in [4.78, 5) is 0. The summed E-state index contributed by atoms with van der Waals surface area (Å²) in [7, 11) is 3.41. The van der Waals surface area contributed by atoms with Crippen molar-refractivity contribution in [3.8, 4) is 11.5 Å². The van der Waals surface area contributed by atoms with Crippen LogP contribution in [0.25, 0.3) is 0 Å². The summed E-state index contributed by atoms with van der Waals surface area (Å²) in [6, 6.07) is 0. The Bertz CT molecular complexity index is 295. The first-order chi connectivity index (χ1) is 6.54. The third-order valence-electron chi connectivity index (χ3n) is 2.52. The molecular formula is C11H15IO2. The zero-order valence-electron chi connectivity index (χ0n) is 9.19. The molecule has 78 valence electrons. The first kappa shape index (κ1) is 11.6. The van der Waals surface area contributed by atoms with Gasteiger partial charge in [0.05, 0.1) is 17.8 Å². The fourth-order valence-electron chi connectivity index (χ4n) is 1.61. The van der Waals surface area contributed by atoms with Gasteiger partial charge in [-0.2, -0.15) is 0 Å². The molecule has 0 spiro atoms. The molecular weight excluding hydrogens is 291 g/mol. The van der Waals surface area contributed by atoms with Gasteiger partial charge >= 0.3 is 0 Å². The fourth-order valence-corrected chi connectivity index (χ4v) is 2.47. The van der Waals surface area contributed by atoms with Gasteiger partial charge in [0.2, 0.25) is 0 Å². The number of hydrogen-bond acceptors (Lipinski definition) is 2.